The standard InChI is InChI=1S/C15H22BrNO3/c1-4-7-14(15(18)20-5-2)17-13-9-6-8-12(16)11(13)10-19-3/h6,8-9,14,17H,4-5,7,10H2,1-3H3. The van der Waals surface area contributed by atoms with E-state index in [4.69, 9.17) is 9.47 Å². The fourth-order valence-electron chi connectivity index (χ4n) is 1.95. The zero-order chi connectivity index (χ0) is 15.0. The van der Waals surface area contributed by atoms with Crippen LogP contribution >= 0.6 is 15.9 Å². The molecular weight excluding hydrogens is 322 g/mol. The Balaban J connectivity index is 2.92. The third-order valence-corrected chi connectivity index (χ3v) is 3.63. The SMILES string of the molecule is CCCC(Nc1cccc(Br)c1COC)C(=O)OCC. The van der Waals surface area contributed by atoms with Crippen LogP contribution in [0.4, 0.5) is 5.69 Å². The van der Waals surface area contributed by atoms with Crippen molar-refractivity contribution < 1.29 is 14.3 Å². The summed E-state index contributed by atoms with van der Waals surface area (Å²) in [7, 11) is 1.65. The number of esters is 1. The number of hydrogen-bond donors (Lipinski definition) is 1. The van der Waals surface area contributed by atoms with Crippen LogP contribution in [0.1, 0.15) is 32.3 Å². The summed E-state index contributed by atoms with van der Waals surface area (Å²) < 4.78 is 11.3. The number of ether oxygens (including phenoxy) is 2. The molecule has 0 heterocycles. The van der Waals surface area contributed by atoms with Gasteiger partial charge in [0.05, 0.1) is 13.2 Å². The van der Waals surface area contributed by atoms with E-state index in [9.17, 15) is 4.79 Å². The van der Waals surface area contributed by atoms with Gasteiger partial charge in [-0.2, -0.15) is 0 Å². The second kappa shape index (κ2) is 8.97. The molecule has 0 aliphatic heterocycles. The quantitative estimate of drug-likeness (QED) is 0.730. The Bertz CT molecular complexity index is 437. The molecule has 0 aromatic heterocycles. The first-order valence-corrected chi connectivity index (χ1v) is 7.62. The summed E-state index contributed by atoms with van der Waals surface area (Å²) in [5.41, 5.74) is 1.90. The zero-order valence-electron chi connectivity index (χ0n) is 12.2. The van der Waals surface area contributed by atoms with Gasteiger partial charge in [0.2, 0.25) is 0 Å². The molecule has 5 heteroatoms. The van der Waals surface area contributed by atoms with E-state index in [-0.39, 0.29) is 12.0 Å². The lowest BCUT2D eigenvalue weighted by atomic mass is 10.1. The summed E-state index contributed by atoms with van der Waals surface area (Å²) in [6.45, 7) is 4.73. The van der Waals surface area contributed by atoms with Gasteiger partial charge in [0, 0.05) is 22.8 Å². The fraction of sp³-hybridized carbons (Fsp3) is 0.533. The number of rotatable bonds is 8. The molecular formula is C15H22BrNO3. The van der Waals surface area contributed by atoms with Gasteiger partial charge in [-0.15, -0.1) is 0 Å². The predicted octanol–water partition coefficient (Wildman–Crippen LogP) is 3.74. The summed E-state index contributed by atoms with van der Waals surface area (Å²) >= 11 is 3.51. The van der Waals surface area contributed by atoms with Crippen LogP contribution in [0.25, 0.3) is 0 Å². The third kappa shape index (κ3) is 4.80. The highest BCUT2D eigenvalue weighted by Crippen LogP contribution is 2.26. The second-order valence-corrected chi connectivity index (χ2v) is 5.29. The molecule has 0 spiro atoms. The second-order valence-electron chi connectivity index (χ2n) is 4.44. The third-order valence-electron chi connectivity index (χ3n) is 2.89. The Morgan fingerprint density at radius 1 is 1.40 bits per heavy atom. The van der Waals surface area contributed by atoms with Crippen molar-refractivity contribution >= 4 is 27.6 Å². The van der Waals surface area contributed by atoms with Crippen molar-refractivity contribution in [3.05, 3.63) is 28.2 Å². The highest BCUT2D eigenvalue weighted by atomic mass is 79.9. The maximum atomic E-state index is 12.0. The molecule has 0 fully saturated rings. The largest absolute Gasteiger partial charge is 0.464 e. The molecule has 1 rings (SSSR count). The average Bonchev–Trinajstić information content (AvgIpc) is 2.42. The van der Waals surface area contributed by atoms with Crippen LogP contribution in [0.2, 0.25) is 0 Å². The minimum absolute atomic E-state index is 0.210. The van der Waals surface area contributed by atoms with Crippen LogP contribution < -0.4 is 5.32 Å². The molecule has 0 saturated carbocycles. The minimum atomic E-state index is -0.329. The Hall–Kier alpha value is -1.07. The number of anilines is 1. The summed E-state index contributed by atoms with van der Waals surface area (Å²) in [5, 5.41) is 3.27. The van der Waals surface area contributed by atoms with Crippen molar-refractivity contribution in [3.8, 4) is 0 Å². The maximum absolute atomic E-state index is 12.0. The monoisotopic (exact) mass is 343 g/mol. The molecule has 0 radical (unpaired) electrons. The van der Waals surface area contributed by atoms with Crippen LogP contribution in [0.15, 0.2) is 22.7 Å². The van der Waals surface area contributed by atoms with Crippen molar-refractivity contribution in [2.24, 2.45) is 0 Å². The highest BCUT2D eigenvalue weighted by molar-refractivity contribution is 9.10. The molecule has 1 atom stereocenters. The van der Waals surface area contributed by atoms with Gasteiger partial charge >= 0.3 is 5.97 Å². The smallest absolute Gasteiger partial charge is 0.328 e. The molecule has 4 nitrogen and oxygen atoms in total. The molecule has 0 bridgehead atoms. The molecule has 0 aliphatic carbocycles. The first-order valence-electron chi connectivity index (χ1n) is 6.83. The topological polar surface area (TPSA) is 47.6 Å². The maximum Gasteiger partial charge on any atom is 0.328 e. The number of carbonyl (C=O) groups excluding carboxylic acids is 1. The number of carbonyl (C=O) groups is 1. The fourth-order valence-corrected chi connectivity index (χ4v) is 2.43. The van der Waals surface area contributed by atoms with Gasteiger partial charge in [-0.1, -0.05) is 35.3 Å². The van der Waals surface area contributed by atoms with Crippen LogP contribution in [-0.2, 0) is 20.9 Å². The zero-order valence-corrected chi connectivity index (χ0v) is 13.8. The minimum Gasteiger partial charge on any atom is -0.464 e. The summed E-state index contributed by atoms with van der Waals surface area (Å²) in [4.78, 5) is 12.0. The van der Waals surface area contributed by atoms with Crippen LogP contribution in [0.5, 0.6) is 0 Å². The summed E-state index contributed by atoms with van der Waals surface area (Å²) in [5.74, 6) is -0.210. The highest BCUT2D eigenvalue weighted by Gasteiger charge is 2.20. The van der Waals surface area contributed by atoms with E-state index < -0.39 is 0 Å². The van der Waals surface area contributed by atoms with Gasteiger partial charge < -0.3 is 14.8 Å². The van der Waals surface area contributed by atoms with E-state index in [2.05, 4.69) is 21.2 Å². The van der Waals surface area contributed by atoms with Crippen molar-refractivity contribution in [1.82, 2.24) is 0 Å². The molecule has 0 saturated heterocycles. The van der Waals surface area contributed by atoms with Gasteiger partial charge in [-0.05, 0) is 25.5 Å². The van der Waals surface area contributed by atoms with Crippen molar-refractivity contribution in [3.63, 3.8) is 0 Å². The number of halogens is 1. The molecule has 1 aromatic rings. The predicted molar refractivity (Wildman–Crippen MR) is 83.8 cm³/mol. The average molecular weight is 344 g/mol. The number of methoxy groups -OCH3 is 1. The molecule has 0 aliphatic rings. The van der Waals surface area contributed by atoms with Crippen molar-refractivity contribution in [1.29, 1.82) is 0 Å². The first-order chi connectivity index (χ1) is 9.63. The molecule has 112 valence electrons. The molecule has 1 N–H and O–H groups in total. The van der Waals surface area contributed by atoms with Gasteiger partial charge in [0.25, 0.3) is 0 Å². The van der Waals surface area contributed by atoms with Gasteiger partial charge in [0.1, 0.15) is 6.04 Å². The molecule has 1 aromatic carbocycles. The lowest BCUT2D eigenvalue weighted by Crippen LogP contribution is -2.31. The van der Waals surface area contributed by atoms with E-state index in [1.807, 2.05) is 32.0 Å². The Kier molecular flexibility index (Phi) is 7.62. The van der Waals surface area contributed by atoms with Gasteiger partial charge in [-0.3, -0.25) is 0 Å². The summed E-state index contributed by atoms with van der Waals surface area (Å²) in [6.07, 6.45) is 1.64. The molecule has 20 heavy (non-hydrogen) atoms. The Morgan fingerprint density at radius 2 is 2.15 bits per heavy atom. The lowest BCUT2D eigenvalue weighted by Gasteiger charge is -2.20. The van der Waals surface area contributed by atoms with Crippen LogP contribution in [0.3, 0.4) is 0 Å². The van der Waals surface area contributed by atoms with Crippen molar-refractivity contribution in [2.75, 3.05) is 19.0 Å². The molecule has 0 amide bonds. The van der Waals surface area contributed by atoms with Crippen LogP contribution in [-0.4, -0.2) is 25.7 Å². The van der Waals surface area contributed by atoms with Crippen LogP contribution in [0, 0.1) is 0 Å². The van der Waals surface area contributed by atoms with E-state index in [1.165, 1.54) is 0 Å². The number of hydrogen-bond acceptors (Lipinski definition) is 4. The normalized spacial score (nSPS) is 12.0. The van der Waals surface area contributed by atoms with Gasteiger partial charge in [-0.25, -0.2) is 4.79 Å². The number of benzene rings is 1. The lowest BCUT2D eigenvalue weighted by molar-refractivity contribution is -0.144. The first kappa shape index (κ1) is 17.0. The summed E-state index contributed by atoms with van der Waals surface area (Å²) in [6, 6.07) is 5.50. The Labute approximate surface area is 129 Å². The van der Waals surface area contributed by atoms with Gasteiger partial charge in [0.15, 0.2) is 0 Å². The molecule has 1 unspecified atom stereocenters. The van der Waals surface area contributed by atoms with Crippen molar-refractivity contribution in [2.45, 2.75) is 39.3 Å². The van der Waals surface area contributed by atoms with E-state index in [0.717, 1.165) is 28.6 Å². The van der Waals surface area contributed by atoms with E-state index in [1.54, 1.807) is 7.11 Å². The van der Waals surface area contributed by atoms with E-state index in [0.29, 0.717) is 13.2 Å². The number of nitrogens with one attached hydrogen (secondary N) is 1. The Morgan fingerprint density at radius 3 is 2.75 bits per heavy atom. The van der Waals surface area contributed by atoms with E-state index >= 15 is 0 Å².